The van der Waals surface area contributed by atoms with Gasteiger partial charge in [0.25, 0.3) is 5.56 Å². The van der Waals surface area contributed by atoms with E-state index in [0.717, 1.165) is 17.4 Å². The van der Waals surface area contributed by atoms with E-state index in [4.69, 9.17) is 4.74 Å². The highest BCUT2D eigenvalue weighted by Gasteiger charge is 2.14. The zero-order valence-electron chi connectivity index (χ0n) is 15.4. The predicted octanol–water partition coefficient (Wildman–Crippen LogP) is 2.49. The van der Waals surface area contributed by atoms with Crippen molar-refractivity contribution in [2.24, 2.45) is 10.9 Å². The fourth-order valence-electron chi connectivity index (χ4n) is 2.50. The maximum Gasteiger partial charge on any atom is 0.335 e. The number of rotatable bonds is 8. The van der Waals surface area contributed by atoms with E-state index in [1.807, 2.05) is 6.92 Å². The minimum atomic E-state index is -0.714. The maximum atomic E-state index is 12.1. The second kappa shape index (κ2) is 9.03. The summed E-state index contributed by atoms with van der Waals surface area (Å²) in [5.74, 6) is 0.805. The molecule has 0 bridgehead atoms. The van der Waals surface area contributed by atoms with E-state index in [9.17, 15) is 14.7 Å². The molecule has 1 aromatic carbocycles. The van der Waals surface area contributed by atoms with Crippen LogP contribution in [0.5, 0.6) is 11.6 Å². The van der Waals surface area contributed by atoms with Gasteiger partial charge in [0.15, 0.2) is 0 Å². The third kappa shape index (κ3) is 4.84. The molecule has 7 nitrogen and oxygen atoms in total. The van der Waals surface area contributed by atoms with E-state index in [-0.39, 0.29) is 5.56 Å². The Morgan fingerprint density at radius 2 is 1.96 bits per heavy atom. The molecule has 0 radical (unpaired) electrons. The molecule has 2 N–H and O–H groups in total. The monoisotopic (exact) mass is 359 g/mol. The molecule has 0 amide bonds. The van der Waals surface area contributed by atoms with Crippen LogP contribution in [0.4, 0.5) is 0 Å². The minimum Gasteiger partial charge on any atom is -0.494 e. The normalized spacial score (nSPS) is 11.4. The molecule has 140 valence electrons. The molecule has 26 heavy (non-hydrogen) atoms. The Balaban J connectivity index is 2.32. The fourth-order valence-corrected chi connectivity index (χ4v) is 2.50. The van der Waals surface area contributed by atoms with Gasteiger partial charge in [0.2, 0.25) is 5.88 Å². The molecule has 7 heteroatoms. The molecule has 0 saturated carbocycles. The highest BCUT2D eigenvalue weighted by Crippen LogP contribution is 2.18. The number of hydrogen-bond donors (Lipinski definition) is 2. The van der Waals surface area contributed by atoms with Crippen LogP contribution in [0, 0.1) is 5.92 Å². The molecular formula is C19H25N3O4. The lowest BCUT2D eigenvalue weighted by atomic mass is 10.1. The van der Waals surface area contributed by atoms with Crippen LogP contribution in [0.2, 0.25) is 0 Å². The smallest absolute Gasteiger partial charge is 0.335 e. The van der Waals surface area contributed by atoms with E-state index in [1.165, 1.54) is 6.21 Å². The van der Waals surface area contributed by atoms with Crippen molar-refractivity contribution in [3.05, 3.63) is 50.7 Å². The van der Waals surface area contributed by atoms with Crippen LogP contribution in [0.1, 0.15) is 39.2 Å². The number of benzene rings is 1. The Morgan fingerprint density at radius 1 is 1.27 bits per heavy atom. The van der Waals surface area contributed by atoms with Gasteiger partial charge in [0.1, 0.15) is 11.3 Å². The number of ether oxygens (including phenoxy) is 1. The topological polar surface area (TPSA) is 96.7 Å². The number of nitrogens with one attached hydrogen (secondary N) is 1. The number of aromatic amines is 1. The molecule has 0 aliphatic carbocycles. The predicted molar refractivity (Wildman–Crippen MR) is 102 cm³/mol. The Kier molecular flexibility index (Phi) is 6.77. The number of hydrogen-bond acceptors (Lipinski definition) is 5. The Bertz CT molecular complexity index is 864. The zero-order valence-corrected chi connectivity index (χ0v) is 15.4. The number of aromatic nitrogens is 2. The summed E-state index contributed by atoms with van der Waals surface area (Å²) in [6, 6.07) is 6.65. The lowest BCUT2D eigenvalue weighted by molar-refractivity contribution is 0.340. The summed E-state index contributed by atoms with van der Waals surface area (Å²) in [4.78, 5) is 30.6. The van der Waals surface area contributed by atoms with Crippen molar-refractivity contribution in [3.8, 4) is 17.3 Å². The first kappa shape index (κ1) is 19.5. The van der Waals surface area contributed by atoms with E-state index in [0.29, 0.717) is 30.5 Å². The van der Waals surface area contributed by atoms with Gasteiger partial charge in [-0.15, -0.1) is 0 Å². The number of aromatic hydroxyl groups is 1. The molecule has 1 heterocycles. The molecular weight excluding hydrogens is 334 g/mol. The first-order valence-electron chi connectivity index (χ1n) is 8.75. The van der Waals surface area contributed by atoms with Crippen molar-refractivity contribution >= 4 is 6.21 Å². The lowest BCUT2D eigenvalue weighted by Crippen LogP contribution is -2.31. The second-order valence-electron chi connectivity index (χ2n) is 6.33. The molecule has 0 aliphatic rings. The van der Waals surface area contributed by atoms with Crippen LogP contribution in [0.3, 0.4) is 0 Å². The highest BCUT2D eigenvalue weighted by atomic mass is 16.5. The van der Waals surface area contributed by atoms with E-state index < -0.39 is 17.1 Å². The number of H-pyrrole nitrogens is 1. The van der Waals surface area contributed by atoms with Gasteiger partial charge in [0, 0.05) is 12.8 Å². The second-order valence-corrected chi connectivity index (χ2v) is 6.33. The van der Waals surface area contributed by atoms with Crippen LogP contribution in [0.25, 0.3) is 5.69 Å². The van der Waals surface area contributed by atoms with E-state index in [1.54, 1.807) is 24.3 Å². The largest absolute Gasteiger partial charge is 0.494 e. The van der Waals surface area contributed by atoms with Crippen molar-refractivity contribution < 1.29 is 9.84 Å². The van der Waals surface area contributed by atoms with Gasteiger partial charge in [0.05, 0.1) is 12.3 Å². The van der Waals surface area contributed by atoms with Crippen molar-refractivity contribution in [1.82, 2.24) is 9.55 Å². The molecule has 2 aromatic rings. The standard InChI is InChI=1S/C19H25N3O4/c1-4-26-15-9-7-14(8-10-15)22-18(24)16(17(23)21-19(22)25)12-20-11-5-6-13(2)3/h7-10,12-13,24H,4-6,11H2,1-3H3,(H,21,23,25). The van der Waals surface area contributed by atoms with Crippen molar-refractivity contribution in [3.63, 3.8) is 0 Å². The molecule has 0 saturated heterocycles. The highest BCUT2D eigenvalue weighted by molar-refractivity contribution is 5.82. The summed E-state index contributed by atoms with van der Waals surface area (Å²) < 4.78 is 6.40. The summed E-state index contributed by atoms with van der Waals surface area (Å²) in [6.07, 6.45) is 3.25. The summed E-state index contributed by atoms with van der Waals surface area (Å²) in [5.41, 5.74) is -0.999. The number of nitrogens with zero attached hydrogens (tertiary/aromatic N) is 2. The lowest BCUT2D eigenvalue weighted by Gasteiger charge is -2.10. The van der Waals surface area contributed by atoms with E-state index >= 15 is 0 Å². The Hall–Kier alpha value is -2.83. The maximum absolute atomic E-state index is 12.1. The SMILES string of the molecule is CCOc1ccc(-n2c(O)c(C=NCCCC(C)C)c(=O)[nH]c2=O)cc1. The van der Waals surface area contributed by atoms with Gasteiger partial charge in [-0.2, -0.15) is 0 Å². The van der Waals surface area contributed by atoms with Gasteiger partial charge < -0.3 is 9.84 Å². The molecule has 0 aliphatic heterocycles. The quantitative estimate of drug-likeness (QED) is 0.559. The van der Waals surface area contributed by atoms with Crippen LogP contribution < -0.4 is 16.0 Å². The summed E-state index contributed by atoms with van der Waals surface area (Å²) >= 11 is 0. The Labute approximate surface area is 152 Å². The van der Waals surface area contributed by atoms with Crippen LogP contribution >= 0.6 is 0 Å². The first-order chi connectivity index (χ1) is 12.4. The molecule has 0 atom stereocenters. The summed E-state index contributed by atoms with van der Waals surface area (Å²) in [5, 5.41) is 10.4. The van der Waals surface area contributed by atoms with Gasteiger partial charge in [-0.3, -0.25) is 14.8 Å². The van der Waals surface area contributed by atoms with Gasteiger partial charge >= 0.3 is 5.69 Å². The van der Waals surface area contributed by atoms with Crippen LogP contribution in [0.15, 0.2) is 38.8 Å². The molecule has 1 aromatic heterocycles. The van der Waals surface area contributed by atoms with Crippen molar-refractivity contribution in [1.29, 1.82) is 0 Å². The van der Waals surface area contributed by atoms with Crippen LogP contribution in [-0.2, 0) is 0 Å². The average molecular weight is 359 g/mol. The molecule has 0 unspecified atom stereocenters. The Morgan fingerprint density at radius 3 is 2.58 bits per heavy atom. The summed E-state index contributed by atoms with van der Waals surface area (Å²) in [7, 11) is 0. The molecule has 0 fully saturated rings. The van der Waals surface area contributed by atoms with Gasteiger partial charge in [-0.25, -0.2) is 9.36 Å². The third-order valence-electron chi connectivity index (χ3n) is 3.82. The zero-order chi connectivity index (χ0) is 19.1. The van der Waals surface area contributed by atoms with Crippen molar-refractivity contribution in [2.75, 3.05) is 13.2 Å². The third-order valence-corrected chi connectivity index (χ3v) is 3.82. The van der Waals surface area contributed by atoms with E-state index in [2.05, 4.69) is 23.8 Å². The average Bonchev–Trinajstić information content (AvgIpc) is 2.58. The van der Waals surface area contributed by atoms with Crippen molar-refractivity contribution in [2.45, 2.75) is 33.6 Å². The number of aliphatic imine (C=N–C) groups is 1. The first-order valence-corrected chi connectivity index (χ1v) is 8.75. The van der Waals surface area contributed by atoms with Crippen LogP contribution in [-0.4, -0.2) is 34.0 Å². The fraction of sp³-hybridized carbons (Fsp3) is 0.421. The summed E-state index contributed by atoms with van der Waals surface area (Å²) in [6.45, 7) is 7.22. The molecule has 0 spiro atoms. The van der Waals surface area contributed by atoms with Gasteiger partial charge in [-0.05, 0) is 49.9 Å². The molecule has 2 rings (SSSR count). The van der Waals surface area contributed by atoms with Gasteiger partial charge in [-0.1, -0.05) is 13.8 Å². The minimum absolute atomic E-state index is 0.0389.